The molecule has 1 aromatic carbocycles. The van der Waals surface area contributed by atoms with Gasteiger partial charge < -0.3 is 0 Å². The van der Waals surface area contributed by atoms with Gasteiger partial charge in [0.05, 0.1) is 23.2 Å². The van der Waals surface area contributed by atoms with E-state index in [1.807, 2.05) is 24.3 Å². The van der Waals surface area contributed by atoms with Crippen molar-refractivity contribution >= 4 is 22.9 Å². The summed E-state index contributed by atoms with van der Waals surface area (Å²) >= 11 is 7.75. The Morgan fingerprint density at radius 2 is 2.17 bits per heavy atom. The molecule has 2 nitrogen and oxygen atoms in total. The number of nitrogens with zero attached hydrogens (tertiary/aromatic N) is 2. The highest BCUT2D eigenvalue weighted by molar-refractivity contribution is 7.15. The first kappa shape index (κ1) is 13.1. The number of rotatable bonds is 4. The molecular weight excluding hydrogens is 264 g/mol. The molecule has 0 bridgehead atoms. The highest BCUT2D eigenvalue weighted by Crippen LogP contribution is 2.33. The number of nitriles is 1. The maximum atomic E-state index is 8.85. The monoisotopic (exact) mass is 276 g/mol. The van der Waals surface area contributed by atoms with Gasteiger partial charge in [-0.1, -0.05) is 43.1 Å². The fourth-order valence-corrected chi connectivity index (χ4v) is 3.14. The van der Waals surface area contributed by atoms with Crippen LogP contribution in [0.1, 0.15) is 23.9 Å². The fraction of sp³-hybridized carbons (Fsp3) is 0.286. The summed E-state index contributed by atoms with van der Waals surface area (Å²) in [6, 6.07) is 9.88. The van der Waals surface area contributed by atoms with Gasteiger partial charge in [-0.15, -0.1) is 11.3 Å². The minimum atomic E-state index is 0.428. The third-order valence-corrected chi connectivity index (χ3v) is 4.07. The first-order valence-electron chi connectivity index (χ1n) is 5.86. The maximum Gasteiger partial charge on any atom is 0.125 e. The predicted molar refractivity (Wildman–Crippen MR) is 75.9 cm³/mol. The topological polar surface area (TPSA) is 36.7 Å². The highest BCUT2D eigenvalue weighted by Gasteiger charge is 2.13. The van der Waals surface area contributed by atoms with Gasteiger partial charge in [-0.25, -0.2) is 4.98 Å². The molecule has 0 radical (unpaired) electrons. The van der Waals surface area contributed by atoms with Gasteiger partial charge in [-0.2, -0.15) is 5.26 Å². The third kappa shape index (κ3) is 2.72. The van der Waals surface area contributed by atoms with Gasteiger partial charge in [0.25, 0.3) is 0 Å². The van der Waals surface area contributed by atoms with Gasteiger partial charge in [-0.3, -0.25) is 0 Å². The van der Waals surface area contributed by atoms with E-state index in [0.29, 0.717) is 11.4 Å². The first-order chi connectivity index (χ1) is 8.76. The summed E-state index contributed by atoms with van der Waals surface area (Å²) in [6.45, 7) is 2.12. The lowest BCUT2D eigenvalue weighted by Gasteiger charge is -1.98. The number of hydrogen-bond donors (Lipinski definition) is 0. The SMILES string of the molecule is CCCc1nc(-c2ccccc2Cl)sc1CC#N. The predicted octanol–water partition coefficient (Wildman–Crippen LogP) is 4.48. The van der Waals surface area contributed by atoms with Crippen molar-refractivity contribution in [1.82, 2.24) is 4.98 Å². The molecule has 18 heavy (non-hydrogen) atoms. The Hall–Kier alpha value is -1.37. The van der Waals surface area contributed by atoms with Gasteiger partial charge in [0.15, 0.2) is 0 Å². The number of aryl methyl sites for hydroxylation is 1. The van der Waals surface area contributed by atoms with Crippen molar-refractivity contribution in [2.45, 2.75) is 26.2 Å². The molecule has 2 aromatic rings. The maximum absolute atomic E-state index is 8.85. The van der Waals surface area contributed by atoms with Crippen molar-refractivity contribution < 1.29 is 0 Å². The summed E-state index contributed by atoms with van der Waals surface area (Å²) in [5.41, 5.74) is 1.99. The average Bonchev–Trinajstić information content (AvgIpc) is 2.74. The van der Waals surface area contributed by atoms with Crippen LogP contribution in [0.3, 0.4) is 0 Å². The number of aromatic nitrogens is 1. The molecule has 1 heterocycles. The molecule has 0 spiro atoms. The van der Waals surface area contributed by atoms with Crippen LogP contribution in [0.4, 0.5) is 0 Å². The summed E-state index contributed by atoms with van der Waals surface area (Å²) < 4.78 is 0. The summed E-state index contributed by atoms with van der Waals surface area (Å²) in [5.74, 6) is 0. The Balaban J connectivity index is 2.44. The lowest BCUT2D eigenvalue weighted by Crippen LogP contribution is -1.89. The Bertz CT molecular complexity index is 584. The van der Waals surface area contributed by atoms with Crippen LogP contribution < -0.4 is 0 Å². The van der Waals surface area contributed by atoms with Gasteiger partial charge in [-0.05, 0) is 12.5 Å². The Labute approximate surface area is 116 Å². The summed E-state index contributed by atoms with van der Waals surface area (Å²) in [4.78, 5) is 5.70. The second kappa shape index (κ2) is 5.99. The zero-order valence-corrected chi connectivity index (χ0v) is 11.7. The van der Waals surface area contributed by atoms with Crippen LogP contribution in [0, 0.1) is 11.3 Å². The average molecular weight is 277 g/mol. The van der Waals surface area contributed by atoms with Crippen LogP contribution in [0.5, 0.6) is 0 Å². The molecule has 1 aromatic heterocycles. The van der Waals surface area contributed by atoms with Crippen molar-refractivity contribution in [2.24, 2.45) is 0 Å². The second-order valence-corrected chi connectivity index (χ2v) is 5.44. The standard InChI is InChI=1S/C14H13ClN2S/c1-2-5-12-13(8-9-16)18-14(17-12)10-6-3-4-7-11(10)15/h3-4,6-7H,2,5,8H2,1H3. The van der Waals surface area contributed by atoms with Gasteiger partial charge in [0.2, 0.25) is 0 Å². The largest absolute Gasteiger partial charge is 0.241 e. The molecule has 0 saturated heterocycles. The van der Waals surface area contributed by atoms with E-state index in [4.69, 9.17) is 16.9 Å². The summed E-state index contributed by atoms with van der Waals surface area (Å²) in [7, 11) is 0. The van der Waals surface area contributed by atoms with Crippen LogP contribution in [0.25, 0.3) is 10.6 Å². The number of halogens is 1. The zero-order chi connectivity index (χ0) is 13.0. The van der Waals surface area contributed by atoms with Crippen molar-refractivity contribution in [2.75, 3.05) is 0 Å². The quantitative estimate of drug-likeness (QED) is 0.825. The minimum Gasteiger partial charge on any atom is -0.241 e. The van der Waals surface area contributed by atoms with Gasteiger partial charge in [0.1, 0.15) is 5.01 Å². The van der Waals surface area contributed by atoms with E-state index >= 15 is 0 Å². The number of benzene rings is 1. The minimum absolute atomic E-state index is 0.428. The molecule has 2 rings (SSSR count). The van der Waals surface area contributed by atoms with E-state index in [-0.39, 0.29) is 0 Å². The van der Waals surface area contributed by atoms with Gasteiger partial charge in [0, 0.05) is 10.4 Å². The van der Waals surface area contributed by atoms with Gasteiger partial charge >= 0.3 is 0 Å². The molecule has 4 heteroatoms. The van der Waals surface area contributed by atoms with Crippen LogP contribution in [0.2, 0.25) is 5.02 Å². The molecule has 0 aliphatic heterocycles. The molecule has 0 fully saturated rings. The Morgan fingerprint density at radius 1 is 1.39 bits per heavy atom. The molecule has 0 unspecified atom stereocenters. The molecule has 0 N–H and O–H groups in total. The van der Waals surface area contributed by atoms with E-state index in [1.54, 1.807) is 11.3 Å². The van der Waals surface area contributed by atoms with Crippen LogP contribution >= 0.6 is 22.9 Å². The summed E-state index contributed by atoms with van der Waals surface area (Å²) in [5, 5.41) is 10.5. The molecule has 0 aliphatic rings. The first-order valence-corrected chi connectivity index (χ1v) is 7.06. The number of thiazole rings is 1. The zero-order valence-electron chi connectivity index (χ0n) is 10.1. The molecule has 0 amide bonds. The van der Waals surface area contributed by atoms with Crippen LogP contribution in [0.15, 0.2) is 24.3 Å². The highest BCUT2D eigenvalue weighted by atomic mass is 35.5. The van der Waals surface area contributed by atoms with Crippen LogP contribution in [-0.4, -0.2) is 4.98 Å². The Kier molecular flexibility index (Phi) is 4.35. The fourth-order valence-electron chi connectivity index (χ4n) is 1.78. The van der Waals surface area contributed by atoms with E-state index < -0.39 is 0 Å². The van der Waals surface area contributed by atoms with E-state index in [2.05, 4.69) is 18.0 Å². The molecule has 0 aliphatic carbocycles. The number of hydrogen-bond acceptors (Lipinski definition) is 3. The molecule has 0 saturated carbocycles. The van der Waals surface area contributed by atoms with Crippen molar-refractivity contribution in [3.8, 4) is 16.6 Å². The second-order valence-electron chi connectivity index (χ2n) is 3.95. The van der Waals surface area contributed by atoms with Crippen molar-refractivity contribution in [1.29, 1.82) is 5.26 Å². The normalized spacial score (nSPS) is 10.3. The smallest absolute Gasteiger partial charge is 0.125 e. The summed E-state index contributed by atoms with van der Waals surface area (Å²) in [6.07, 6.45) is 2.37. The third-order valence-electron chi connectivity index (χ3n) is 2.61. The molecular formula is C14H13ClN2S. The Morgan fingerprint density at radius 3 is 2.83 bits per heavy atom. The lowest BCUT2D eigenvalue weighted by molar-refractivity contribution is 0.881. The molecule has 92 valence electrons. The van der Waals surface area contributed by atoms with Crippen LogP contribution in [-0.2, 0) is 12.8 Å². The molecule has 0 atom stereocenters. The lowest BCUT2D eigenvalue weighted by atomic mass is 10.2. The van der Waals surface area contributed by atoms with Crippen molar-refractivity contribution in [3.05, 3.63) is 39.9 Å². The van der Waals surface area contributed by atoms with E-state index in [1.165, 1.54) is 0 Å². The van der Waals surface area contributed by atoms with E-state index in [9.17, 15) is 0 Å². The van der Waals surface area contributed by atoms with E-state index in [0.717, 1.165) is 34.0 Å². The van der Waals surface area contributed by atoms with Crippen molar-refractivity contribution in [3.63, 3.8) is 0 Å².